The molecule has 0 radical (unpaired) electrons. The standard InChI is InChI=1S/C21H19NO5.BF4/c1-13-7-9-18-15(11-13)17(22-16(21(25)26)8-10-20(23)24)12-19(27-18)14-5-3-2-4-6-14;2-1(3,4)5/h2-7,9,11-12,16H,8,10H2,1H3,(H,23,24)(H,25,26);/q;-1/p+1. The fraction of sp³-hybridized carbons (Fsp3) is 0.190. The highest BCUT2D eigenvalue weighted by Crippen LogP contribution is 2.22. The number of carbonyl (C=O) groups is 2. The zero-order valence-corrected chi connectivity index (χ0v) is 16.9. The molecule has 0 aliphatic heterocycles. The summed E-state index contributed by atoms with van der Waals surface area (Å²) in [5, 5.41) is 19.7. The van der Waals surface area contributed by atoms with Crippen molar-refractivity contribution in [3.05, 3.63) is 65.5 Å². The highest BCUT2D eigenvalue weighted by molar-refractivity contribution is 6.50. The van der Waals surface area contributed by atoms with Gasteiger partial charge in [-0.05, 0) is 19.1 Å². The summed E-state index contributed by atoms with van der Waals surface area (Å²) in [7, 11) is -6.00. The molecule has 0 fully saturated rings. The van der Waals surface area contributed by atoms with Gasteiger partial charge < -0.3 is 31.9 Å². The van der Waals surface area contributed by atoms with Gasteiger partial charge in [0.2, 0.25) is 11.4 Å². The number of fused-ring (bicyclic) bond motifs is 1. The quantitative estimate of drug-likeness (QED) is 0.394. The van der Waals surface area contributed by atoms with Gasteiger partial charge in [0.25, 0.3) is 0 Å². The Kier molecular flexibility index (Phi) is 8.17. The minimum absolute atomic E-state index is 0.0231. The fourth-order valence-corrected chi connectivity index (χ4v) is 2.88. The number of halogens is 4. The van der Waals surface area contributed by atoms with Gasteiger partial charge >= 0.3 is 19.2 Å². The van der Waals surface area contributed by atoms with Gasteiger partial charge in [-0.2, -0.15) is 0 Å². The van der Waals surface area contributed by atoms with Crippen LogP contribution in [0.4, 0.5) is 17.3 Å². The van der Waals surface area contributed by atoms with Gasteiger partial charge in [-0.3, -0.25) is 4.79 Å². The van der Waals surface area contributed by atoms with Crippen molar-refractivity contribution in [2.24, 2.45) is 0 Å². The second kappa shape index (κ2) is 10.6. The van der Waals surface area contributed by atoms with Crippen LogP contribution < -0.4 is 10.3 Å². The van der Waals surface area contributed by atoms with E-state index in [9.17, 15) is 32.0 Å². The number of nitrogens with one attached hydrogen (secondary N) is 1. The molecule has 0 bridgehead atoms. The van der Waals surface area contributed by atoms with Crippen LogP contribution in [0.5, 0.6) is 0 Å². The van der Waals surface area contributed by atoms with Crippen molar-refractivity contribution < 1.29 is 46.5 Å². The third kappa shape index (κ3) is 7.90. The van der Waals surface area contributed by atoms with Gasteiger partial charge in [-0.25, -0.2) is 9.79 Å². The summed E-state index contributed by atoms with van der Waals surface area (Å²) < 4.78 is 45.0. The maximum absolute atomic E-state index is 11.6. The summed E-state index contributed by atoms with van der Waals surface area (Å²) in [5.41, 5.74) is 2.48. The average Bonchev–Trinajstić information content (AvgIpc) is 2.70. The lowest BCUT2D eigenvalue weighted by atomic mass is 10.1. The Balaban J connectivity index is 0.000000654. The first kappa shape index (κ1) is 24.6. The molecule has 1 unspecified atom stereocenters. The molecule has 3 aromatic rings. The third-order valence-electron chi connectivity index (χ3n) is 4.25. The number of aryl methyl sites for hydroxylation is 1. The Labute approximate surface area is 179 Å². The van der Waals surface area contributed by atoms with Crippen molar-refractivity contribution in [2.75, 3.05) is 0 Å². The first-order chi connectivity index (χ1) is 14.9. The summed E-state index contributed by atoms with van der Waals surface area (Å²) >= 11 is 0. The molecule has 1 atom stereocenters. The van der Waals surface area contributed by atoms with Gasteiger partial charge in [0, 0.05) is 12.0 Å². The number of hydrogen-bond acceptors (Lipinski definition) is 3. The molecule has 11 heteroatoms. The van der Waals surface area contributed by atoms with E-state index >= 15 is 0 Å². The van der Waals surface area contributed by atoms with Crippen LogP contribution in [0.25, 0.3) is 22.3 Å². The van der Waals surface area contributed by atoms with Crippen molar-refractivity contribution in [1.82, 2.24) is 0 Å². The molecule has 0 saturated heterocycles. The topological polar surface area (TPSA) is 102 Å². The predicted molar refractivity (Wildman–Crippen MR) is 109 cm³/mol. The van der Waals surface area contributed by atoms with E-state index in [1.165, 1.54) is 0 Å². The first-order valence-corrected chi connectivity index (χ1v) is 9.45. The number of carboxylic acid groups (broad SMARTS) is 2. The Morgan fingerprint density at radius 2 is 1.66 bits per heavy atom. The SMILES string of the molecule is Cc1ccc2oc(-c3ccccc3)cc(=[NH+]C(CCC(=O)O)C(=O)O)c2c1.F[B-](F)(F)F. The molecule has 1 aromatic heterocycles. The smallest absolute Gasteiger partial charge is 0.481 e. The van der Waals surface area contributed by atoms with E-state index in [1.807, 2.05) is 55.5 Å². The second-order valence-corrected chi connectivity index (χ2v) is 6.85. The van der Waals surface area contributed by atoms with Crippen LogP contribution in [0.2, 0.25) is 0 Å². The van der Waals surface area contributed by atoms with E-state index in [-0.39, 0.29) is 12.8 Å². The van der Waals surface area contributed by atoms with Crippen LogP contribution in [0.3, 0.4) is 0 Å². The summed E-state index contributed by atoms with van der Waals surface area (Å²) in [6.07, 6.45) is -0.256. The lowest BCUT2D eigenvalue weighted by Crippen LogP contribution is -2.85. The molecule has 2 aromatic carbocycles. The van der Waals surface area contributed by atoms with Gasteiger partial charge in [-0.15, -0.1) is 0 Å². The van der Waals surface area contributed by atoms with Crippen LogP contribution in [-0.2, 0) is 9.59 Å². The van der Waals surface area contributed by atoms with E-state index in [0.29, 0.717) is 16.7 Å². The lowest BCUT2D eigenvalue weighted by Gasteiger charge is -2.05. The molecule has 0 saturated carbocycles. The van der Waals surface area contributed by atoms with Gasteiger partial charge in [0.05, 0.1) is 17.9 Å². The molecule has 6 nitrogen and oxygen atoms in total. The van der Waals surface area contributed by atoms with E-state index < -0.39 is 25.2 Å². The first-order valence-electron chi connectivity index (χ1n) is 9.45. The maximum Gasteiger partial charge on any atom is 0.673 e. The van der Waals surface area contributed by atoms with Gasteiger partial charge in [-0.1, -0.05) is 42.0 Å². The van der Waals surface area contributed by atoms with Crippen molar-refractivity contribution in [3.8, 4) is 11.3 Å². The van der Waals surface area contributed by atoms with Crippen LogP contribution in [0.1, 0.15) is 18.4 Å². The molecular formula is C21H20BF4NO5. The van der Waals surface area contributed by atoms with E-state index in [1.54, 1.807) is 6.07 Å². The summed E-state index contributed by atoms with van der Waals surface area (Å²) in [6, 6.07) is 15.9. The summed E-state index contributed by atoms with van der Waals surface area (Å²) in [5.74, 6) is -1.53. The highest BCUT2D eigenvalue weighted by atomic mass is 19.5. The zero-order chi connectivity index (χ0) is 23.9. The summed E-state index contributed by atoms with van der Waals surface area (Å²) in [6.45, 7) is 1.94. The summed E-state index contributed by atoms with van der Waals surface area (Å²) in [4.78, 5) is 25.4. The van der Waals surface area contributed by atoms with Crippen LogP contribution in [0, 0.1) is 6.92 Å². The normalized spacial score (nSPS) is 12.7. The Hall–Kier alpha value is -3.63. The van der Waals surface area contributed by atoms with E-state index in [2.05, 4.69) is 4.99 Å². The number of carboxylic acids is 2. The highest BCUT2D eigenvalue weighted by Gasteiger charge is 2.23. The van der Waals surface area contributed by atoms with Crippen molar-refractivity contribution in [2.45, 2.75) is 25.8 Å². The van der Waals surface area contributed by atoms with E-state index in [0.717, 1.165) is 16.5 Å². The number of hydrogen-bond donors (Lipinski definition) is 3. The van der Waals surface area contributed by atoms with Crippen LogP contribution in [0.15, 0.2) is 59.0 Å². The molecule has 0 aliphatic rings. The zero-order valence-electron chi connectivity index (χ0n) is 16.9. The fourth-order valence-electron chi connectivity index (χ4n) is 2.88. The van der Waals surface area contributed by atoms with Crippen molar-refractivity contribution in [1.29, 1.82) is 0 Å². The molecule has 1 heterocycles. The monoisotopic (exact) mass is 453 g/mol. The Morgan fingerprint density at radius 1 is 1.03 bits per heavy atom. The van der Waals surface area contributed by atoms with E-state index in [4.69, 9.17) is 9.52 Å². The molecule has 3 N–H and O–H groups in total. The molecule has 32 heavy (non-hydrogen) atoms. The largest absolute Gasteiger partial charge is 0.673 e. The number of benzene rings is 2. The van der Waals surface area contributed by atoms with Crippen LogP contribution >= 0.6 is 0 Å². The van der Waals surface area contributed by atoms with Gasteiger partial charge in [0.15, 0.2) is 0 Å². The van der Waals surface area contributed by atoms with Crippen molar-refractivity contribution >= 4 is 30.2 Å². The molecule has 0 amide bonds. The average molecular weight is 453 g/mol. The molecule has 0 spiro atoms. The minimum Gasteiger partial charge on any atom is -0.481 e. The Morgan fingerprint density at radius 3 is 2.22 bits per heavy atom. The third-order valence-corrected chi connectivity index (χ3v) is 4.25. The molecule has 0 aliphatic carbocycles. The molecule has 170 valence electrons. The van der Waals surface area contributed by atoms with Crippen LogP contribution in [-0.4, -0.2) is 35.4 Å². The number of aliphatic carboxylic acids is 2. The Bertz CT molecular complexity index is 1160. The molecule has 3 rings (SSSR count). The minimum atomic E-state index is -6.00. The predicted octanol–water partition coefficient (Wildman–Crippen LogP) is 3.01. The second-order valence-electron chi connectivity index (χ2n) is 6.85. The van der Waals surface area contributed by atoms with Crippen molar-refractivity contribution in [3.63, 3.8) is 0 Å². The number of rotatable bonds is 6. The van der Waals surface area contributed by atoms with Gasteiger partial charge in [0.1, 0.15) is 11.3 Å². The lowest BCUT2D eigenvalue weighted by molar-refractivity contribution is -0.530. The maximum atomic E-state index is 11.6. The molecular weight excluding hydrogens is 433 g/mol.